The van der Waals surface area contributed by atoms with Crippen molar-refractivity contribution < 1.29 is 14.3 Å². The summed E-state index contributed by atoms with van der Waals surface area (Å²) in [5.74, 6) is -0.861. The monoisotopic (exact) mass is 378 g/mol. The van der Waals surface area contributed by atoms with E-state index in [2.05, 4.69) is 19.9 Å². The molecule has 0 aliphatic rings. The molecular formula is C16H15ClN4O3S. The molecule has 0 aliphatic carbocycles. The van der Waals surface area contributed by atoms with Gasteiger partial charge in [0.25, 0.3) is 0 Å². The Balaban J connectivity index is 1.73. The molecule has 9 heteroatoms. The second-order valence-electron chi connectivity index (χ2n) is 5.42. The predicted octanol–water partition coefficient (Wildman–Crippen LogP) is 2.46. The number of halogens is 1. The van der Waals surface area contributed by atoms with E-state index in [1.165, 1.54) is 6.92 Å². The number of carbonyl (C=O) groups excluding carboxylic acids is 2. The Kier molecular flexibility index (Phi) is 5.30. The summed E-state index contributed by atoms with van der Waals surface area (Å²) in [6.45, 7) is 1.27. The van der Waals surface area contributed by atoms with Crippen LogP contribution in [-0.4, -0.2) is 32.5 Å². The van der Waals surface area contributed by atoms with Gasteiger partial charge in [0.05, 0.1) is 0 Å². The van der Waals surface area contributed by atoms with E-state index in [9.17, 15) is 9.59 Å². The van der Waals surface area contributed by atoms with E-state index >= 15 is 0 Å². The molecule has 0 saturated heterocycles. The van der Waals surface area contributed by atoms with Crippen LogP contribution in [0.3, 0.4) is 0 Å². The van der Waals surface area contributed by atoms with Crippen LogP contribution in [0.2, 0.25) is 4.34 Å². The quantitative estimate of drug-likeness (QED) is 0.642. The lowest BCUT2D eigenvalue weighted by Gasteiger charge is -2.16. The van der Waals surface area contributed by atoms with Gasteiger partial charge in [-0.1, -0.05) is 34.3 Å². The Morgan fingerprint density at radius 2 is 2.20 bits per heavy atom. The third-order valence-corrected chi connectivity index (χ3v) is 4.61. The van der Waals surface area contributed by atoms with E-state index in [4.69, 9.17) is 16.3 Å². The van der Waals surface area contributed by atoms with Gasteiger partial charge in [-0.15, -0.1) is 5.10 Å². The van der Waals surface area contributed by atoms with Crippen LogP contribution in [-0.2, 0) is 27.4 Å². The first kappa shape index (κ1) is 17.4. The van der Waals surface area contributed by atoms with E-state index < -0.39 is 12.0 Å². The Morgan fingerprint density at radius 1 is 1.40 bits per heavy atom. The third kappa shape index (κ3) is 4.15. The van der Waals surface area contributed by atoms with Crippen LogP contribution in [0.5, 0.6) is 0 Å². The minimum absolute atomic E-state index is 0.0852. The molecule has 2 N–H and O–H groups in total. The second kappa shape index (κ2) is 7.62. The zero-order valence-electron chi connectivity index (χ0n) is 13.3. The highest BCUT2D eigenvalue weighted by molar-refractivity contribution is 7.10. The van der Waals surface area contributed by atoms with Crippen LogP contribution >= 0.6 is 23.1 Å². The number of aromatic amines is 1. The van der Waals surface area contributed by atoms with Gasteiger partial charge in [0.2, 0.25) is 5.91 Å². The van der Waals surface area contributed by atoms with E-state index in [1.54, 1.807) is 0 Å². The molecule has 2 aromatic heterocycles. The first-order valence-electron chi connectivity index (χ1n) is 7.50. The molecule has 2 heterocycles. The van der Waals surface area contributed by atoms with E-state index in [-0.39, 0.29) is 12.5 Å². The zero-order chi connectivity index (χ0) is 17.8. The van der Waals surface area contributed by atoms with Crippen LogP contribution < -0.4 is 5.32 Å². The van der Waals surface area contributed by atoms with Crippen LogP contribution in [0.15, 0.2) is 30.5 Å². The molecule has 0 unspecified atom stereocenters. The zero-order valence-corrected chi connectivity index (χ0v) is 14.9. The highest BCUT2D eigenvalue weighted by Crippen LogP contribution is 2.20. The van der Waals surface area contributed by atoms with Crippen LogP contribution in [0, 0.1) is 0 Å². The van der Waals surface area contributed by atoms with Crippen molar-refractivity contribution >= 4 is 45.9 Å². The molecule has 0 aliphatic heterocycles. The number of nitrogens with zero attached hydrogens (tertiary/aromatic N) is 2. The number of aromatic nitrogens is 3. The normalized spacial score (nSPS) is 12.1. The Bertz CT molecular complexity index is 908. The van der Waals surface area contributed by atoms with Gasteiger partial charge >= 0.3 is 5.97 Å². The number of rotatable bonds is 6. The minimum atomic E-state index is -0.804. The number of hydrogen-bond acceptors (Lipinski definition) is 6. The number of fused-ring (bicyclic) bond motifs is 1. The third-order valence-electron chi connectivity index (χ3n) is 3.62. The van der Waals surface area contributed by atoms with Crippen LogP contribution in [0.4, 0.5) is 0 Å². The number of carbonyl (C=O) groups is 2. The summed E-state index contributed by atoms with van der Waals surface area (Å²) < 4.78 is 9.30. The van der Waals surface area contributed by atoms with Crippen molar-refractivity contribution in [2.75, 3.05) is 0 Å². The Morgan fingerprint density at radius 3 is 2.92 bits per heavy atom. The van der Waals surface area contributed by atoms with Gasteiger partial charge in [0, 0.05) is 42.0 Å². The summed E-state index contributed by atoms with van der Waals surface area (Å²) in [5, 5.41) is 7.42. The molecular weight excluding hydrogens is 364 g/mol. The molecule has 0 spiro atoms. The van der Waals surface area contributed by atoms with Gasteiger partial charge < -0.3 is 15.0 Å². The first-order chi connectivity index (χ1) is 12.0. The standard InChI is InChI=1S/C16H15ClN4O3S/c1-9(22)19-13(16(23)24-8-14-15(17)25-21-20-14)6-10-7-18-12-5-3-2-4-11(10)12/h2-5,7,13,18H,6,8H2,1H3,(H,19,22)/t13-/m0/s1. The molecule has 3 aromatic rings. The number of ether oxygens (including phenoxy) is 1. The SMILES string of the molecule is CC(=O)N[C@@H](Cc1c[nH]c2ccccc12)C(=O)OCc1nnsc1Cl. The molecule has 0 saturated carbocycles. The summed E-state index contributed by atoms with van der Waals surface area (Å²) >= 11 is 6.92. The van der Waals surface area contributed by atoms with Crippen molar-refractivity contribution in [3.63, 3.8) is 0 Å². The van der Waals surface area contributed by atoms with Crippen molar-refractivity contribution in [3.05, 3.63) is 46.1 Å². The second-order valence-corrected chi connectivity index (χ2v) is 6.77. The minimum Gasteiger partial charge on any atom is -0.457 e. The van der Waals surface area contributed by atoms with Crippen molar-refractivity contribution in [1.29, 1.82) is 0 Å². The number of nitrogens with one attached hydrogen (secondary N) is 2. The Hall–Kier alpha value is -2.45. The lowest BCUT2D eigenvalue weighted by atomic mass is 10.0. The smallest absolute Gasteiger partial charge is 0.329 e. The van der Waals surface area contributed by atoms with Gasteiger partial charge in [0.1, 0.15) is 22.7 Å². The van der Waals surface area contributed by atoms with Crippen LogP contribution in [0.1, 0.15) is 18.2 Å². The maximum atomic E-state index is 12.4. The number of hydrogen-bond donors (Lipinski definition) is 2. The lowest BCUT2D eigenvalue weighted by Crippen LogP contribution is -2.42. The molecule has 25 heavy (non-hydrogen) atoms. The number of benzene rings is 1. The summed E-state index contributed by atoms with van der Waals surface area (Å²) in [6.07, 6.45) is 2.14. The summed E-state index contributed by atoms with van der Waals surface area (Å²) in [4.78, 5) is 27.0. The molecule has 1 atom stereocenters. The van der Waals surface area contributed by atoms with Crippen molar-refractivity contribution in [2.45, 2.75) is 26.0 Å². The van der Waals surface area contributed by atoms with Crippen LogP contribution in [0.25, 0.3) is 10.9 Å². The number of amides is 1. The van der Waals surface area contributed by atoms with E-state index in [0.29, 0.717) is 16.5 Å². The molecule has 7 nitrogen and oxygen atoms in total. The average Bonchev–Trinajstić information content (AvgIpc) is 3.18. The maximum absolute atomic E-state index is 12.4. The molecule has 0 fully saturated rings. The lowest BCUT2D eigenvalue weighted by molar-refractivity contribution is -0.149. The molecule has 130 valence electrons. The topological polar surface area (TPSA) is 97.0 Å². The van der Waals surface area contributed by atoms with Crippen molar-refractivity contribution in [2.24, 2.45) is 0 Å². The fraction of sp³-hybridized carbons (Fsp3) is 0.250. The summed E-state index contributed by atoms with van der Waals surface area (Å²) in [7, 11) is 0. The van der Waals surface area contributed by atoms with Crippen molar-refractivity contribution in [3.8, 4) is 0 Å². The highest BCUT2D eigenvalue weighted by atomic mass is 35.5. The van der Waals surface area contributed by atoms with E-state index in [1.807, 2.05) is 30.5 Å². The summed E-state index contributed by atoms with van der Waals surface area (Å²) in [6, 6.07) is 6.94. The molecule has 1 aromatic carbocycles. The fourth-order valence-electron chi connectivity index (χ4n) is 2.48. The molecule has 0 bridgehead atoms. The molecule has 0 radical (unpaired) electrons. The fourth-order valence-corrected chi connectivity index (χ4v) is 3.08. The first-order valence-corrected chi connectivity index (χ1v) is 8.65. The number of H-pyrrole nitrogens is 1. The highest BCUT2D eigenvalue weighted by Gasteiger charge is 2.23. The predicted molar refractivity (Wildman–Crippen MR) is 94.3 cm³/mol. The molecule has 3 rings (SSSR count). The maximum Gasteiger partial charge on any atom is 0.329 e. The van der Waals surface area contributed by atoms with Gasteiger partial charge in [-0.2, -0.15) is 0 Å². The average molecular weight is 379 g/mol. The Labute approximate surface area is 152 Å². The van der Waals surface area contributed by atoms with Gasteiger partial charge in [-0.25, -0.2) is 4.79 Å². The molecule has 1 amide bonds. The summed E-state index contributed by atoms with van der Waals surface area (Å²) in [5.41, 5.74) is 2.28. The van der Waals surface area contributed by atoms with Gasteiger partial charge in [-0.05, 0) is 11.6 Å². The van der Waals surface area contributed by atoms with Crippen molar-refractivity contribution in [1.82, 2.24) is 19.9 Å². The van der Waals surface area contributed by atoms with Gasteiger partial charge in [-0.3, -0.25) is 4.79 Å². The van der Waals surface area contributed by atoms with Gasteiger partial charge in [0.15, 0.2) is 0 Å². The number of para-hydroxylation sites is 1. The number of esters is 1. The van der Waals surface area contributed by atoms with E-state index in [0.717, 1.165) is 28.0 Å². The largest absolute Gasteiger partial charge is 0.457 e.